The monoisotopic (exact) mass is 1590 g/mol. The number of ether oxygens (including phenoxy) is 5. The van der Waals surface area contributed by atoms with Crippen LogP contribution in [-0.2, 0) is 62.6 Å². The Morgan fingerprint density at radius 2 is 0.524 bits per heavy atom. The predicted octanol–water partition coefficient (Wildman–Crippen LogP) is 6.96. The van der Waals surface area contributed by atoms with Crippen LogP contribution in [0.3, 0.4) is 0 Å². The Hall–Kier alpha value is 0.626. The van der Waals surface area contributed by atoms with Gasteiger partial charge in [0.2, 0.25) is 37.1 Å². The minimum Gasteiger partial charge on any atom is -0.414 e. The molecule has 36 heteroatoms. The summed E-state index contributed by atoms with van der Waals surface area (Å²) in [6, 6.07) is -1.00. The maximum atomic E-state index is 10.9. The van der Waals surface area contributed by atoms with Gasteiger partial charge in [-0.15, -0.1) is 0 Å². The largest absolute Gasteiger partial charge is 0.414 e. The Morgan fingerprint density at radius 3 is 0.781 bits per heavy atom. The summed E-state index contributed by atoms with van der Waals surface area (Å²) in [6.45, 7) is 61.1. The van der Waals surface area contributed by atoms with Gasteiger partial charge in [0, 0.05) is 35.8 Å². The van der Waals surface area contributed by atoms with Crippen molar-refractivity contribution in [3.8, 4) is 0 Å². The van der Waals surface area contributed by atoms with Crippen molar-refractivity contribution in [2.75, 3.05) is 68.3 Å². The highest BCUT2D eigenvalue weighted by atomic mass is 28.5. The van der Waals surface area contributed by atoms with Crippen molar-refractivity contribution in [3.05, 3.63) is 0 Å². The van der Waals surface area contributed by atoms with Crippen LogP contribution in [-0.4, -0.2) is 291 Å². The molecule has 0 spiro atoms. The van der Waals surface area contributed by atoms with Gasteiger partial charge in [-0.2, -0.15) is 0 Å². The van der Waals surface area contributed by atoms with E-state index < -0.39 is 106 Å². The molecule has 5 radical (unpaired) electrons. The van der Waals surface area contributed by atoms with Crippen molar-refractivity contribution >= 4 is 88.4 Å². The van der Waals surface area contributed by atoms with Crippen LogP contribution in [0.25, 0.3) is 0 Å². The summed E-state index contributed by atoms with van der Waals surface area (Å²) in [4.78, 5) is 0. The SMILES string of the molecule is CN[B][C@@H]1O[C@@H]2CO[Si](C(C)C)(C(C)C)O[Si](C(C)C)(C(C)C)OC2[C@@H]1C.CN[B][C@@H]1O[C@@H]2CO[Si](C(C)C)(C(C)C)O[Si](C(C)C)(C(C)C)OC2[C@@H]1C.CN[B][C@@H]1O[C@@H]2CO[Si](C(C)C)(C(C)C)O[Si](C(C)C)(C(C)C)OC2[C@@H]1O.CN[B][C@@H]1O[C@H](CO)C(O)[C@@H]1C.CN[B][C@@H]1O[C@H](CO)C(O)[C@@H]1O. The standard InChI is InChI=1S/2C19H41BNO4Si2.C18H39BNO5Si2.C7H15BNO3.C6H13BNO4/c2*1-12(2)26(13(3)4)22-11-17-18(16(9)19(23-17)20-21-10)24-27(25-26,14(5)6)15(7)8;1-11(2)26(12(3)4)22-10-15-17(16(21)18(23-15)19-20-9)24-27(25-26,13(5)6)14(7)8;1-4-6(11)5(3-10)12-7(4)8-9-2;1-8-7-6-5(11)4(10)3(2-9)12-6/h2*12-19,21H,11H2,1-10H3;11-18,20-21H,10H2,1-9H3;4-7,9-11H,3H2,1-2H3;3-6,8-11H,2H2,1H3/t2*16-,17+,18?,19+;15-,16+,17?,18-;4-,5+,6?,7+;3-,4?,5+,6-/m00101/s1. The van der Waals surface area contributed by atoms with E-state index in [1.807, 2.05) is 42.9 Å². The van der Waals surface area contributed by atoms with Crippen LogP contribution in [0.5, 0.6) is 0 Å². The predicted molar refractivity (Wildman–Crippen MR) is 434 cm³/mol. The van der Waals surface area contributed by atoms with Crippen molar-refractivity contribution in [1.29, 1.82) is 0 Å². The molecular weight excluding hydrogens is 1440 g/mol. The molecule has 105 heavy (non-hydrogen) atoms. The van der Waals surface area contributed by atoms with Crippen LogP contribution in [0.4, 0.5) is 0 Å². The van der Waals surface area contributed by atoms with E-state index in [4.69, 9.17) is 72.8 Å². The second kappa shape index (κ2) is 43.0. The van der Waals surface area contributed by atoms with Crippen molar-refractivity contribution in [2.24, 2.45) is 17.8 Å². The fourth-order valence-corrected chi connectivity index (χ4v) is 50.4. The van der Waals surface area contributed by atoms with E-state index in [2.05, 4.69) is 206 Å². The maximum Gasteiger partial charge on any atom is 0.335 e. The first-order valence-corrected chi connectivity index (χ1v) is 51.6. The highest BCUT2D eigenvalue weighted by Gasteiger charge is 2.65. The van der Waals surface area contributed by atoms with Crippen LogP contribution in [0.1, 0.15) is 187 Å². The molecule has 0 aliphatic carbocycles. The van der Waals surface area contributed by atoms with Crippen molar-refractivity contribution < 1.29 is 93.2 Å². The third kappa shape index (κ3) is 22.2. The lowest BCUT2D eigenvalue weighted by molar-refractivity contribution is -0.0321. The quantitative estimate of drug-likeness (QED) is 0.0435. The molecular formula is C69H149B5N5O20Si6. The van der Waals surface area contributed by atoms with Gasteiger partial charge in [-0.1, -0.05) is 187 Å². The molecule has 0 bridgehead atoms. The minimum absolute atomic E-state index is 0.0161. The minimum atomic E-state index is -2.70. The summed E-state index contributed by atoms with van der Waals surface area (Å²) >= 11 is 0. The Balaban J connectivity index is 0.000000288. The summed E-state index contributed by atoms with van der Waals surface area (Å²) in [5.41, 5.74) is 3.93. The van der Waals surface area contributed by atoms with Gasteiger partial charge in [-0.25, -0.2) is 0 Å². The average Bonchev–Trinajstić information content (AvgIpc) is 1.75. The summed E-state index contributed by atoms with van der Waals surface area (Å²) in [5, 5.41) is 71.4. The molecule has 20 atom stereocenters. The lowest BCUT2D eigenvalue weighted by Crippen LogP contribution is -2.65. The van der Waals surface area contributed by atoms with E-state index in [1.165, 1.54) is 7.41 Å². The second-order valence-electron chi connectivity index (χ2n) is 34.0. The van der Waals surface area contributed by atoms with Crippen molar-refractivity contribution in [3.63, 3.8) is 0 Å². The van der Waals surface area contributed by atoms with Gasteiger partial charge in [0.25, 0.3) is 0 Å². The molecule has 0 aromatic carbocycles. The number of aliphatic hydroxyl groups excluding tert-OH is 6. The number of nitrogens with one attached hydrogen (secondary N) is 5. The second-order valence-corrected chi connectivity index (χ2v) is 60.6. The molecule has 5 unspecified atom stereocenters. The molecule has 609 valence electrons. The Morgan fingerprint density at radius 1 is 0.295 bits per heavy atom. The molecule has 25 nitrogen and oxygen atoms in total. The Labute approximate surface area is 646 Å². The zero-order valence-electron chi connectivity index (χ0n) is 70.8. The van der Waals surface area contributed by atoms with E-state index in [0.29, 0.717) is 75.2 Å². The number of rotatable bonds is 24. The third-order valence-electron chi connectivity index (χ3n) is 23.0. The molecule has 8 heterocycles. The highest BCUT2D eigenvalue weighted by molar-refractivity contribution is 6.85. The van der Waals surface area contributed by atoms with Crippen LogP contribution in [0.15, 0.2) is 0 Å². The van der Waals surface area contributed by atoms with Gasteiger partial charge in [-0.05, 0) is 102 Å². The third-order valence-corrected chi connectivity index (χ3v) is 53.8. The Bertz CT molecular complexity index is 2200. The number of fused-ring (bicyclic) bond motifs is 3. The molecule has 0 saturated carbocycles. The molecule has 8 saturated heterocycles. The molecule has 8 aliphatic rings. The van der Waals surface area contributed by atoms with Crippen molar-refractivity contribution in [1.82, 2.24) is 26.1 Å². The summed E-state index contributed by atoms with van der Waals surface area (Å²) in [7, 11) is 3.00. The van der Waals surface area contributed by atoms with E-state index in [9.17, 15) is 20.4 Å². The molecule has 8 rings (SSSR count). The Kier molecular flexibility index (Phi) is 40.1. The first kappa shape index (κ1) is 98.0. The number of aliphatic hydroxyl groups is 6. The fraction of sp³-hybridized carbons (Fsp3) is 1.00. The zero-order chi connectivity index (χ0) is 80.0. The van der Waals surface area contributed by atoms with Crippen LogP contribution >= 0.6 is 0 Å². The van der Waals surface area contributed by atoms with Gasteiger partial charge < -0.3 is 119 Å². The normalized spacial score (nSPS) is 35.3. The molecule has 0 amide bonds. The van der Waals surface area contributed by atoms with Crippen LogP contribution in [0.2, 0.25) is 66.5 Å². The van der Waals surface area contributed by atoms with Gasteiger partial charge in [-0.3, -0.25) is 0 Å². The molecule has 8 aliphatic heterocycles. The molecule has 8 fully saturated rings. The first-order chi connectivity index (χ1) is 48.9. The summed E-state index contributed by atoms with van der Waals surface area (Å²) < 4.78 is 92.0. The van der Waals surface area contributed by atoms with Crippen LogP contribution in [0, 0.1) is 17.8 Å². The smallest absolute Gasteiger partial charge is 0.335 e. The van der Waals surface area contributed by atoms with Gasteiger partial charge in [0.05, 0.1) is 63.4 Å². The average molecular weight is 1590 g/mol. The van der Waals surface area contributed by atoms with Gasteiger partial charge >= 0.3 is 51.4 Å². The first-order valence-electron chi connectivity index (χ1n) is 39.7. The van der Waals surface area contributed by atoms with Crippen molar-refractivity contribution in [2.45, 2.75) is 357 Å². The summed E-state index contributed by atoms with van der Waals surface area (Å²) in [5.74, 6) is 0.576. The topological polar surface area (TPSA) is 311 Å². The van der Waals surface area contributed by atoms with E-state index in [-0.39, 0.29) is 90.6 Å². The number of hydrogen-bond acceptors (Lipinski definition) is 25. The molecule has 0 aromatic heterocycles. The lowest BCUT2D eigenvalue weighted by Gasteiger charge is -2.51. The number of hydrogen-bond donors (Lipinski definition) is 11. The van der Waals surface area contributed by atoms with Gasteiger partial charge in [0.1, 0.15) is 54.9 Å². The fourth-order valence-electron chi connectivity index (χ4n) is 16.6. The molecule has 0 aromatic rings. The van der Waals surface area contributed by atoms with Gasteiger partial charge in [0.15, 0.2) is 0 Å². The van der Waals surface area contributed by atoms with Crippen LogP contribution < -0.4 is 26.1 Å². The van der Waals surface area contributed by atoms with E-state index >= 15 is 0 Å². The van der Waals surface area contributed by atoms with E-state index in [0.717, 1.165) is 0 Å². The summed E-state index contributed by atoms with van der Waals surface area (Å²) in [6.07, 6.45) is -5.14. The highest BCUT2D eigenvalue weighted by Crippen LogP contribution is 2.52. The lowest BCUT2D eigenvalue weighted by atomic mass is 9.77. The maximum absolute atomic E-state index is 10.9. The zero-order valence-corrected chi connectivity index (χ0v) is 76.8. The van der Waals surface area contributed by atoms with E-state index in [1.54, 1.807) is 28.9 Å². The molecule has 11 N–H and O–H groups in total.